The molecule has 0 atom stereocenters. The first-order valence-corrected chi connectivity index (χ1v) is 5.83. The van der Waals surface area contributed by atoms with Crippen LogP contribution < -0.4 is 10.6 Å². The number of carboxylic acids is 1. The second-order valence-electron chi connectivity index (χ2n) is 4.06. The first-order chi connectivity index (χ1) is 9.97. The zero-order valence-corrected chi connectivity index (χ0v) is 10.6. The monoisotopic (exact) mass is 292 g/mol. The van der Waals surface area contributed by atoms with Crippen LogP contribution in [-0.2, 0) is 0 Å². The Hall–Kier alpha value is -2.96. The topological polar surface area (TPSA) is 78.4 Å². The van der Waals surface area contributed by atoms with E-state index in [0.29, 0.717) is 0 Å². The van der Waals surface area contributed by atoms with E-state index in [1.165, 1.54) is 30.3 Å². The molecule has 7 heteroatoms. The number of hydrogen-bond acceptors (Lipinski definition) is 2. The second kappa shape index (κ2) is 6.00. The maximum Gasteiger partial charge on any atom is 0.340 e. The summed E-state index contributed by atoms with van der Waals surface area (Å²) in [5.74, 6) is -3.01. The van der Waals surface area contributed by atoms with Crippen LogP contribution in [0, 0.1) is 11.6 Å². The zero-order valence-electron chi connectivity index (χ0n) is 10.6. The number of urea groups is 1. The summed E-state index contributed by atoms with van der Waals surface area (Å²) in [4.78, 5) is 22.7. The fourth-order valence-corrected chi connectivity index (χ4v) is 1.70. The van der Waals surface area contributed by atoms with Gasteiger partial charge in [-0.15, -0.1) is 0 Å². The van der Waals surface area contributed by atoms with Crippen LogP contribution >= 0.6 is 0 Å². The van der Waals surface area contributed by atoms with Gasteiger partial charge in [-0.3, -0.25) is 0 Å². The number of carboxylic acid groups (broad SMARTS) is 1. The minimum Gasteiger partial charge on any atom is -0.478 e. The quantitative estimate of drug-likeness (QED) is 0.812. The van der Waals surface area contributed by atoms with E-state index in [1.54, 1.807) is 0 Å². The number of carbonyl (C=O) groups is 2. The Labute approximate surface area is 118 Å². The van der Waals surface area contributed by atoms with Crippen LogP contribution in [0.15, 0.2) is 42.5 Å². The van der Waals surface area contributed by atoms with Crippen LogP contribution in [0.25, 0.3) is 0 Å². The lowest BCUT2D eigenvalue weighted by atomic mass is 10.1. The van der Waals surface area contributed by atoms with Crippen molar-refractivity contribution in [3.05, 3.63) is 59.7 Å². The number of amides is 2. The molecule has 0 bridgehead atoms. The average Bonchev–Trinajstić information content (AvgIpc) is 2.37. The molecule has 21 heavy (non-hydrogen) atoms. The first kappa shape index (κ1) is 14.4. The van der Waals surface area contributed by atoms with Crippen LogP contribution in [0.1, 0.15) is 10.4 Å². The predicted octanol–water partition coefficient (Wildman–Crippen LogP) is 3.31. The number of anilines is 2. The Bertz CT molecular complexity index is 704. The third kappa shape index (κ3) is 3.53. The minimum atomic E-state index is -1.51. The summed E-state index contributed by atoms with van der Waals surface area (Å²) in [5, 5.41) is 13.4. The lowest BCUT2D eigenvalue weighted by molar-refractivity contribution is 0.0693. The summed E-state index contributed by atoms with van der Waals surface area (Å²) >= 11 is 0. The molecule has 108 valence electrons. The highest BCUT2D eigenvalue weighted by atomic mass is 19.1. The second-order valence-corrected chi connectivity index (χ2v) is 4.06. The molecular weight excluding hydrogens is 282 g/mol. The summed E-state index contributed by atoms with van der Waals surface area (Å²) in [7, 11) is 0. The predicted molar refractivity (Wildman–Crippen MR) is 72.4 cm³/mol. The van der Waals surface area contributed by atoms with Gasteiger partial charge in [0, 0.05) is 5.69 Å². The van der Waals surface area contributed by atoms with Gasteiger partial charge in [0.05, 0.1) is 5.69 Å². The van der Waals surface area contributed by atoms with Crippen molar-refractivity contribution in [2.75, 3.05) is 10.6 Å². The van der Waals surface area contributed by atoms with Crippen molar-refractivity contribution < 1.29 is 23.5 Å². The van der Waals surface area contributed by atoms with Crippen molar-refractivity contribution in [3.63, 3.8) is 0 Å². The molecule has 0 fully saturated rings. The van der Waals surface area contributed by atoms with Crippen LogP contribution in [0.5, 0.6) is 0 Å². The summed E-state index contributed by atoms with van der Waals surface area (Å²) in [6, 6.07) is 7.81. The fourth-order valence-electron chi connectivity index (χ4n) is 1.70. The number of benzene rings is 2. The van der Waals surface area contributed by atoms with E-state index in [4.69, 9.17) is 5.11 Å². The van der Waals surface area contributed by atoms with E-state index < -0.39 is 29.2 Å². The molecule has 0 heterocycles. The summed E-state index contributed by atoms with van der Waals surface area (Å²) < 4.78 is 26.4. The van der Waals surface area contributed by atoms with Gasteiger partial charge in [0.25, 0.3) is 0 Å². The molecular formula is C14H10F2N2O3. The van der Waals surface area contributed by atoms with Crippen molar-refractivity contribution in [1.29, 1.82) is 0 Å². The standard InChI is InChI=1S/C14H10F2N2O3/c15-8-3-1-4-9(7-8)17-14(21)18-11-6-2-5-10(16)12(11)13(19)20/h1-7H,(H,19,20)(H2,17,18,21). The molecule has 0 spiro atoms. The maximum absolute atomic E-state index is 13.4. The Balaban J connectivity index is 2.17. The number of halogens is 2. The van der Waals surface area contributed by atoms with E-state index in [9.17, 15) is 18.4 Å². The van der Waals surface area contributed by atoms with Gasteiger partial charge in [-0.2, -0.15) is 0 Å². The zero-order chi connectivity index (χ0) is 15.4. The number of rotatable bonds is 3. The van der Waals surface area contributed by atoms with Crippen molar-refractivity contribution >= 4 is 23.4 Å². The molecule has 2 amide bonds. The Morgan fingerprint density at radius 2 is 1.71 bits per heavy atom. The average molecular weight is 292 g/mol. The molecule has 0 aliphatic rings. The third-order valence-corrected chi connectivity index (χ3v) is 2.56. The van der Waals surface area contributed by atoms with Gasteiger partial charge in [-0.1, -0.05) is 12.1 Å². The first-order valence-electron chi connectivity index (χ1n) is 5.83. The normalized spacial score (nSPS) is 10.0. The van der Waals surface area contributed by atoms with Gasteiger partial charge in [0.2, 0.25) is 0 Å². The van der Waals surface area contributed by atoms with Crippen molar-refractivity contribution in [3.8, 4) is 0 Å². The third-order valence-electron chi connectivity index (χ3n) is 2.56. The summed E-state index contributed by atoms with van der Waals surface area (Å²) in [6.07, 6.45) is 0. The number of hydrogen-bond donors (Lipinski definition) is 3. The van der Waals surface area contributed by atoms with Gasteiger partial charge in [0.15, 0.2) is 0 Å². The number of aromatic carboxylic acids is 1. The number of nitrogens with one attached hydrogen (secondary N) is 2. The lowest BCUT2D eigenvalue weighted by Crippen LogP contribution is -2.21. The van der Waals surface area contributed by atoms with E-state index in [-0.39, 0.29) is 11.4 Å². The van der Waals surface area contributed by atoms with Crippen LogP contribution in [0.2, 0.25) is 0 Å². The highest BCUT2D eigenvalue weighted by Crippen LogP contribution is 2.19. The smallest absolute Gasteiger partial charge is 0.340 e. The molecule has 0 aliphatic carbocycles. The molecule has 0 unspecified atom stereocenters. The van der Waals surface area contributed by atoms with E-state index >= 15 is 0 Å². The highest BCUT2D eigenvalue weighted by molar-refractivity contribution is 6.04. The Kier molecular flexibility index (Phi) is 4.13. The molecule has 0 radical (unpaired) electrons. The van der Waals surface area contributed by atoms with Crippen LogP contribution in [-0.4, -0.2) is 17.1 Å². The summed E-state index contributed by atoms with van der Waals surface area (Å²) in [6.45, 7) is 0. The molecule has 2 rings (SSSR count). The molecule has 2 aromatic rings. The van der Waals surface area contributed by atoms with Gasteiger partial charge in [-0.05, 0) is 30.3 Å². The molecule has 0 aromatic heterocycles. The van der Waals surface area contributed by atoms with Gasteiger partial charge < -0.3 is 15.7 Å². The van der Waals surface area contributed by atoms with Gasteiger partial charge in [0.1, 0.15) is 17.2 Å². The maximum atomic E-state index is 13.4. The molecule has 0 aliphatic heterocycles. The summed E-state index contributed by atoms with van der Waals surface area (Å²) in [5.41, 5.74) is -0.663. The minimum absolute atomic E-state index is 0.181. The largest absolute Gasteiger partial charge is 0.478 e. The molecule has 0 saturated heterocycles. The molecule has 5 nitrogen and oxygen atoms in total. The van der Waals surface area contributed by atoms with Crippen molar-refractivity contribution in [2.24, 2.45) is 0 Å². The van der Waals surface area contributed by atoms with Gasteiger partial charge >= 0.3 is 12.0 Å². The van der Waals surface area contributed by atoms with E-state index in [0.717, 1.165) is 12.1 Å². The lowest BCUT2D eigenvalue weighted by Gasteiger charge is -2.10. The number of carbonyl (C=O) groups excluding carboxylic acids is 1. The van der Waals surface area contributed by atoms with Crippen LogP contribution in [0.3, 0.4) is 0 Å². The van der Waals surface area contributed by atoms with E-state index in [2.05, 4.69) is 10.6 Å². The SMILES string of the molecule is O=C(Nc1cccc(F)c1)Nc1cccc(F)c1C(=O)O. The van der Waals surface area contributed by atoms with Crippen molar-refractivity contribution in [2.45, 2.75) is 0 Å². The molecule has 2 aromatic carbocycles. The highest BCUT2D eigenvalue weighted by Gasteiger charge is 2.17. The van der Waals surface area contributed by atoms with Crippen molar-refractivity contribution in [1.82, 2.24) is 0 Å². The molecule has 3 N–H and O–H groups in total. The van der Waals surface area contributed by atoms with Crippen LogP contribution in [0.4, 0.5) is 25.0 Å². The van der Waals surface area contributed by atoms with Gasteiger partial charge in [-0.25, -0.2) is 18.4 Å². The molecule has 0 saturated carbocycles. The van der Waals surface area contributed by atoms with E-state index in [1.807, 2.05) is 0 Å². The Morgan fingerprint density at radius 1 is 1.00 bits per heavy atom. The fraction of sp³-hybridized carbons (Fsp3) is 0. The Morgan fingerprint density at radius 3 is 2.38 bits per heavy atom.